The zero-order chi connectivity index (χ0) is 21.1. The lowest BCUT2D eigenvalue weighted by molar-refractivity contribution is -0.121. The van der Waals surface area contributed by atoms with Gasteiger partial charge in [-0.15, -0.1) is 0 Å². The second-order valence-electron chi connectivity index (χ2n) is 8.56. The third-order valence-electron chi connectivity index (χ3n) is 6.36. The van der Waals surface area contributed by atoms with Crippen LogP contribution in [0.3, 0.4) is 0 Å². The molecule has 1 aliphatic carbocycles. The first-order valence-electron chi connectivity index (χ1n) is 11.0. The van der Waals surface area contributed by atoms with E-state index in [1.807, 2.05) is 49.1 Å². The number of hydrogen-bond acceptors (Lipinski definition) is 4. The lowest BCUT2D eigenvalue weighted by Gasteiger charge is -2.18. The van der Waals surface area contributed by atoms with E-state index in [4.69, 9.17) is 9.97 Å². The number of carbonyl (C=O) groups is 2. The van der Waals surface area contributed by atoms with Crippen molar-refractivity contribution in [1.82, 2.24) is 20.2 Å². The molecule has 2 aliphatic rings. The van der Waals surface area contributed by atoms with Gasteiger partial charge in [-0.3, -0.25) is 9.59 Å². The quantitative estimate of drug-likeness (QED) is 0.826. The van der Waals surface area contributed by atoms with E-state index in [-0.39, 0.29) is 17.7 Å². The summed E-state index contributed by atoms with van der Waals surface area (Å²) in [7, 11) is 0. The Bertz CT molecular complexity index is 899. The zero-order valence-corrected chi connectivity index (χ0v) is 17.9. The maximum atomic E-state index is 12.7. The lowest BCUT2D eigenvalue weighted by atomic mass is 10.0. The largest absolute Gasteiger partial charge is 0.353 e. The fourth-order valence-electron chi connectivity index (χ4n) is 4.63. The van der Waals surface area contributed by atoms with Crippen molar-refractivity contribution in [2.24, 2.45) is 0 Å². The molecule has 0 unspecified atom stereocenters. The summed E-state index contributed by atoms with van der Waals surface area (Å²) < 4.78 is 0. The van der Waals surface area contributed by atoms with Crippen LogP contribution in [-0.2, 0) is 11.2 Å². The fraction of sp³-hybridized carbons (Fsp3) is 0.500. The van der Waals surface area contributed by atoms with Crippen molar-refractivity contribution in [3.05, 3.63) is 58.7 Å². The number of rotatable bonds is 5. The van der Waals surface area contributed by atoms with Crippen LogP contribution in [-0.4, -0.2) is 45.8 Å². The standard InChI is InChI=1S/C24H30N4O2/c1-16-21(14-22(29)27-20-10-6-7-11-20)17(2)26-23(25-16)19-12-13-28(15-19)24(30)18-8-4-3-5-9-18/h3-5,8-9,19-20H,6-7,10-15H2,1-2H3,(H,27,29)/t19-/m0/s1. The zero-order valence-electron chi connectivity index (χ0n) is 17.9. The van der Waals surface area contributed by atoms with E-state index in [1.165, 1.54) is 12.8 Å². The summed E-state index contributed by atoms with van der Waals surface area (Å²) in [5, 5.41) is 3.15. The first kappa shape index (κ1) is 20.5. The SMILES string of the molecule is Cc1nc([C@H]2CCN(C(=O)c3ccccc3)C2)nc(C)c1CC(=O)NC1CCCC1. The molecule has 1 N–H and O–H groups in total. The molecule has 4 rings (SSSR count). The molecule has 2 heterocycles. The highest BCUT2D eigenvalue weighted by molar-refractivity contribution is 5.94. The number of nitrogens with zero attached hydrogens (tertiary/aromatic N) is 3. The molecule has 6 nitrogen and oxygen atoms in total. The second kappa shape index (κ2) is 8.94. The Morgan fingerprint density at radius 2 is 1.70 bits per heavy atom. The topological polar surface area (TPSA) is 75.2 Å². The van der Waals surface area contributed by atoms with Gasteiger partial charge in [0.15, 0.2) is 0 Å². The summed E-state index contributed by atoms with van der Waals surface area (Å²) >= 11 is 0. The molecule has 0 bridgehead atoms. The first-order chi connectivity index (χ1) is 14.5. The summed E-state index contributed by atoms with van der Waals surface area (Å²) in [4.78, 5) is 36.5. The van der Waals surface area contributed by atoms with Crippen LogP contribution in [0.5, 0.6) is 0 Å². The number of amides is 2. The monoisotopic (exact) mass is 406 g/mol. The molecule has 6 heteroatoms. The van der Waals surface area contributed by atoms with Crippen LogP contribution in [0.15, 0.2) is 30.3 Å². The Balaban J connectivity index is 1.41. The van der Waals surface area contributed by atoms with Crippen molar-refractivity contribution < 1.29 is 9.59 Å². The Kier molecular flexibility index (Phi) is 6.11. The molecule has 0 spiro atoms. The van der Waals surface area contributed by atoms with Gasteiger partial charge in [-0.1, -0.05) is 31.0 Å². The van der Waals surface area contributed by atoms with Crippen molar-refractivity contribution in [3.8, 4) is 0 Å². The Morgan fingerprint density at radius 1 is 1.03 bits per heavy atom. The molecule has 1 aromatic carbocycles. The molecule has 0 radical (unpaired) electrons. The fourth-order valence-corrected chi connectivity index (χ4v) is 4.63. The van der Waals surface area contributed by atoms with E-state index in [0.717, 1.165) is 47.6 Å². The van der Waals surface area contributed by atoms with Crippen molar-refractivity contribution in [2.75, 3.05) is 13.1 Å². The molecular formula is C24H30N4O2. The Morgan fingerprint density at radius 3 is 2.37 bits per heavy atom. The van der Waals surface area contributed by atoms with Crippen LogP contribution < -0.4 is 5.32 Å². The third kappa shape index (κ3) is 4.53. The van der Waals surface area contributed by atoms with Gasteiger partial charge in [0.1, 0.15) is 5.82 Å². The summed E-state index contributed by atoms with van der Waals surface area (Å²) in [6.45, 7) is 5.26. The van der Waals surface area contributed by atoms with Crippen LogP contribution in [0.4, 0.5) is 0 Å². The smallest absolute Gasteiger partial charge is 0.253 e. The number of nitrogens with one attached hydrogen (secondary N) is 1. The summed E-state index contributed by atoms with van der Waals surface area (Å²) in [6, 6.07) is 9.72. The van der Waals surface area contributed by atoms with Crippen LogP contribution in [0, 0.1) is 13.8 Å². The van der Waals surface area contributed by atoms with Gasteiger partial charge in [0, 0.05) is 47.6 Å². The molecule has 1 aromatic heterocycles. The van der Waals surface area contributed by atoms with Gasteiger partial charge in [-0.2, -0.15) is 0 Å². The molecule has 2 fully saturated rings. The number of hydrogen-bond donors (Lipinski definition) is 1. The van der Waals surface area contributed by atoms with E-state index < -0.39 is 0 Å². The van der Waals surface area contributed by atoms with Gasteiger partial charge in [0.25, 0.3) is 5.91 Å². The number of carbonyl (C=O) groups excluding carboxylic acids is 2. The van der Waals surface area contributed by atoms with E-state index in [0.29, 0.717) is 25.6 Å². The van der Waals surface area contributed by atoms with Gasteiger partial charge >= 0.3 is 0 Å². The predicted octanol–water partition coefficient (Wildman–Crippen LogP) is 3.32. The minimum atomic E-state index is 0.0601. The Labute approximate surface area is 178 Å². The molecule has 1 atom stereocenters. The highest BCUT2D eigenvalue weighted by Gasteiger charge is 2.30. The molecule has 2 amide bonds. The molecular weight excluding hydrogens is 376 g/mol. The summed E-state index contributed by atoms with van der Waals surface area (Å²) in [5.41, 5.74) is 3.37. The molecule has 30 heavy (non-hydrogen) atoms. The first-order valence-corrected chi connectivity index (χ1v) is 11.0. The van der Waals surface area contributed by atoms with Crippen LogP contribution in [0.1, 0.15) is 71.2 Å². The molecule has 1 aliphatic heterocycles. The van der Waals surface area contributed by atoms with Crippen molar-refractivity contribution >= 4 is 11.8 Å². The Hall–Kier alpha value is -2.76. The van der Waals surface area contributed by atoms with Gasteiger partial charge in [-0.05, 0) is 45.2 Å². The maximum absolute atomic E-state index is 12.7. The van der Waals surface area contributed by atoms with Gasteiger partial charge in [-0.25, -0.2) is 9.97 Å². The minimum Gasteiger partial charge on any atom is -0.353 e. The third-order valence-corrected chi connectivity index (χ3v) is 6.36. The van der Waals surface area contributed by atoms with Crippen LogP contribution in [0.25, 0.3) is 0 Å². The van der Waals surface area contributed by atoms with Gasteiger partial charge < -0.3 is 10.2 Å². The van der Waals surface area contributed by atoms with E-state index in [9.17, 15) is 9.59 Å². The normalized spacial score (nSPS) is 19.3. The minimum absolute atomic E-state index is 0.0601. The van der Waals surface area contributed by atoms with Crippen molar-refractivity contribution in [1.29, 1.82) is 0 Å². The highest BCUT2D eigenvalue weighted by atomic mass is 16.2. The molecule has 158 valence electrons. The van der Waals surface area contributed by atoms with Crippen molar-refractivity contribution in [3.63, 3.8) is 0 Å². The average molecular weight is 407 g/mol. The molecule has 1 saturated carbocycles. The van der Waals surface area contributed by atoms with E-state index >= 15 is 0 Å². The predicted molar refractivity (Wildman–Crippen MR) is 115 cm³/mol. The summed E-state index contributed by atoms with van der Waals surface area (Å²) in [5.74, 6) is 1.04. The number of likely N-dealkylation sites (tertiary alicyclic amines) is 1. The van der Waals surface area contributed by atoms with Gasteiger partial charge in [0.05, 0.1) is 6.42 Å². The van der Waals surface area contributed by atoms with Crippen molar-refractivity contribution in [2.45, 2.75) is 64.3 Å². The molecule has 2 aromatic rings. The van der Waals surface area contributed by atoms with E-state index in [2.05, 4.69) is 5.32 Å². The average Bonchev–Trinajstić information content (AvgIpc) is 3.43. The number of benzene rings is 1. The van der Waals surface area contributed by atoms with Crippen LogP contribution in [0.2, 0.25) is 0 Å². The number of aryl methyl sites for hydroxylation is 2. The number of aromatic nitrogens is 2. The van der Waals surface area contributed by atoms with E-state index in [1.54, 1.807) is 0 Å². The van der Waals surface area contributed by atoms with Crippen LogP contribution >= 0.6 is 0 Å². The maximum Gasteiger partial charge on any atom is 0.253 e. The highest BCUT2D eigenvalue weighted by Crippen LogP contribution is 2.27. The lowest BCUT2D eigenvalue weighted by Crippen LogP contribution is -2.34. The second-order valence-corrected chi connectivity index (χ2v) is 8.56. The van der Waals surface area contributed by atoms with Gasteiger partial charge in [0.2, 0.25) is 5.91 Å². The summed E-state index contributed by atoms with van der Waals surface area (Å²) in [6.07, 6.45) is 5.76. The molecule has 1 saturated heterocycles.